The van der Waals surface area contributed by atoms with Crippen LogP contribution in [0.4, 0.5) is 5.82 Å². The van der Waals surface area contributed by atoms with Gasteiger partial charge in [0.15, 0.2) is 5.82 Å². The van der Waals surface area contributed by atoms with Gasteiger partial charge in [-0.3, -0.25) is 9.69 Å². The quantitative estimate of drug-likeness (QED) is 0.777. The molecule has 0 saturated carbocycles. The second kappa shape index (κ2) is 4.32. The summed E-state index contributed by atoms with van der Waals surface area (Å²) in [6, 6.07) is 0. The van der Waals surface area contributed by atoms with Gasteiger partial charge < -0.3 is 5.11 Å². The Balaban J connectivity index is 2.38. The summed E-state index contributed by atoms with van der Waals surface area (Å²) in [5.41, 5.74) is -0.0643. The summed E-state index contributed by atoms with van der Waals surface area (Å²) >= 11 is 0. The zero-order valence-corrected chi connectivity index (χ0v) is 9.04. The van der Waals surface area contributed by atoms with Gasteiger partial charge in [-0.25, -0.2) is 14.8 Å². The smallest absolute Gasteiger partial charge is 0.341 e. The van der Waals surface area contributed by atoms with Crippen LogP contribution in [0.2, 0.25) is 0 Å². The highest BCUT2D eigenvalue weighted by Gasteiger charge is 2.32. The molecule has 1 fully saturated rings. The van der Waals surface area contributed by atoms with Gasteiger partial charge in [-0.05, 0) is 0 Å². The number of carboxylic acid groups (broad SMARTS) is 1. The molecule has 1 amide bonds. The first-order chi connectivity index (χ1) is 8.13. The van der Waals surface area contributed by atoms with Crippen molar-refractivity contribution >= 4 is 17.7 Å². The second-order valence-electron chi connectivity index (χ2n) is 3.77. The average Bonchev–Trinajstić information content (AvgIpc) is 2.70. The number of rotatable bonds is 3. The topological polar surface area (TPSA) is 83.4 Å². The van der Waals surface area contributed by atoms with Crippen molar-refractivity contribution in [1.29, 1.82) is 0 Å². The molecule has 6 heteroatoms. The van der Waals surface area contributed by atoms with E-state index in [0.717, 1.165) is 0 Å². The van der Waals surface area contributed by atoms with Gasteiger partial charge in [-0.1, -0.05) is 6.08 Å². The molecule has 2 rings (SSSR count). The molecule has 1 saturated heterocycles. The molecule has 1 unspecified atom stereocenters. The van der Waals surface area contributed by atoms with Crippen LogP contribution in [0.25, 0.3) is 0 Å². The summed E-state index contributed by atoms with van der Waals surface area (Å²) in [7, 11) is 0. The minimum absolute atomic E-state index is 0.0408. The maximum Gasteiger partial charge on any atom is 0.341 e. The van der Waals surface area contributed by atoms with Crippen molar-refractivity contribution < 1.29 is 14.7 Å². The fourth-order valence-electron chi connectivity index (χ4n) is 1.79. The zero-order chi connectivity index (χ0) is 12.4. The molecule has 17 heavy (non-hydrogen) atoms. The van der Waals surface area contributed by atoms with Crippen LogP contribution < -0.4 is 4.90 Å². The van der Waals surface area contributed by atoms with Crippen molar-refractivity contribution in [3.8, 4) is 0 Å². The Morgan fingerprint density at radius 1 is 1.65 bits per heavy atom. The van der Waals surface area contributed by atoms with Gasteiger partial charge in [0, 0.05) is 25.1 Å². The Kier molecular flexibility index (Phi) is 2.86. The zero-order valence-electron chi connectivity index (χ0n) is 9.04. The molecule has 1 N–H and O–H groups in total. The van der Waals surface area contributed by atoms with E-state index in [-0.39, 0.29) is 23.2 Å². The third-order valence-corrected chi connectivity index (χ3v) is 2.67. The number of carboxylic acids is 1. The van der Waals surface area contributed by atoms with Crippen LogP contribution in [0, 0.1) is 5.92 Å². The first-order valence-electron chi connectivity index (χ1n) is 5.09. The number of aromatic nitrogens is 2. The molecular formula is C11H11N3O3. The van der Waals surface area contributed by atoms with Gasteiger partial charge in [0.1, 0.15) is 11.9 Å². The molecule has 0 spiro atoms. The third-order valence-electron chi connectivity index (χ3n) is 2.67. The Labute approximate surface area is 97.6 Å². The number of nitrogens with zero attached hydrogens (tertiary/aromatic N) is 3. The van der Waals surface area contributed by atoms with E-state index in [0.29, 0.717) is 13.0 Å². The second-order valence-corrected chi connectivity index (χ2v) is 3.77. The van der Waals surface area contributed by atoms with Crippen LogP contribution in [0.5, 0.6) is 0 Å². The van der Waals surface area contributed by atoms with Crippen LogP contribution in [0.15, 0.2) is 25.2 Å². The van der Waals surface area contributed by atoms with Gasteiger partial charge >= 0.3 is 5.97 Å². The predicted molar refractivity (Wildman–Crippen MR) is 59.6 cm³/mol. The van der Waals surface area contributed by atoms with Crippen molar-refractivity contribution in [2.75, 3.05) is 11.4 Å². The van der Waals surface area contributed by atoms with Crippen LogP contribution in [-0.2, 0) is 4.79 Å². The highest BCUT2D eigenvalue weighted by molar-refractivity contribution is 6.01. The van der Waals surface area contributed by atoms with E-state index < -0.39 is 5.97 Å². The lowest BCUT2D eigenvalue weighted by Crippen LogP contribution is -2.27. The van der Waals surface area contributed by atoms with Crippen molar-refractivity contribution in [2.45, 2.75) is 6.42 Å². The number of anilines is 1. The van der Waals surface area contributed by atoms with E-state index in [1.165, 1.54) is 17.4 Å². The highest BCUT2D eigenvalue weighted by atomic mass is 16.4. The summed E-state index contributed by atoms with van der Waals surface area (Å²) in [5, 5.41) is 9.00. The van der Waals surface area contributed by atoms with Crippen molar-refractivity contribution in [3.05, 3.63) is 30.7 Å². The molecule has 88 valence electrons. The van der Waals surface area contributed by atoms with Crippen LogP contribution in [0.1, 0.15) is 16.8 Å². The summed E-state index contributed by atoms with van der Waals surface area (Å²) in [6.07, 6.45) is 4.46. The molecule has 6 nitrogen and oxygen atoms in total. The third kappa shape index (κ3) is 2.01. The number of amides is 1. The SMILES string of the molecule is C=CC1CC(=O)N(c2ncncc2C(=O)O)C1. The van der Waals surface area contributed by atoms with E-state index in [9.17, 15) is 9.59 Å². The van der Waals surface area contributed by atoms with Crippen molar-refractivity contribution in [2.24, 2.45) is 5.92 Å². The molecule has 0 radical (unpaired) electrons. The number of carbonyl (C=O) groups is 2. The first kappa shape index (κ1) is 11.3. The van der Waals surface area contributed by atoms with Gasteiger partial charge in [-0.15, -0.1) is 6.58 Å². The minimum atomic E-state index is -1.14. The standard InChI is InChI=1S/C11H11N3O3/c1-2-7-3-9(15)14(5-7)10-8(11(16)17)4-12-6-13-10/h2,4,6-7H,1,3,5H2,(H,16,17). The van der Waals surface area contributed by atoms with Crippen LogP contribution in [-0.4, -0.2) is 33.5 Å². The molecule has 1 aliphatic heterocycles. The largest absolute Gasteiger partial charge is 0.477 e. The Hall–Kier alpha value is -2.24. The van der Waals surface area contributed by atoms with E-state index in [2.05, 4.69) is 16.5 Å². The lowest BCUT2D eigenvalue weighted by atomic mass is 10.1. The Morgan fingerprint density at radius 2 is 2.41 bits per heavy atom. The first-order valence-corrected chi connectivity index (χ1v) is 5.09. The van der Waals surface area contributed by atoms with E-state index in [1.54, 1.807) is 6.08 Å². The van der Waals surface area contributed by atoms with Crippen LogP contribution >= 0.6 is 0 Å². The molecular weight excluding hydrogens is 222 g/mol. The summed E-state index contributed by atoms with van der Waals surface area (Å²) < 4.78 is 0. The number of hydrogen-bond donors (Lipinski definition) is 1. The molecule has 1 aliphatic rings. The number of aromatic carboxylic acids is 1. The number of carbonyl (C=O) groups excluding carboxylic acids is 1. The van der Waals surface area contributed by atoms with Gasteiger partial charge in [0.05, 0.1) is 0 Å². The summed E-state index contributed by atoms with van der Waals surface area (Å²) in [6.45, 7) is 4.05. The molecule has 0 bridgehead atoms. The van der Waals surface area contributed by atoms with E-state index in [4.69, 9.17) is 5.11 Å². The summed E-state index contributed by atoms with van der Waals surface area (Å²) in [5.74, 6) is -1.09. The highest BCUT2D eigenvalue weighted by Crippen LogP contribution is 2.26. The average molecular weight is 233 g/mol. The number of hydrogen-bond acceptors (Lipinski definition) is 4. The molecule has 0 aliphatic carbocycles. The van der Waals surface area contributed by atoms with Crippen molar-refractivity contribution in [1.82, 2.24) is 9.97 Å². The molecule has 1 atom stereocenters. The fourth-order valence-corrected chi connectivity index (χ4v) is 1.79. The van der Waals surface area contributed by atoms with Gasteiger partial charge in [-0.2, -0.15) is 0 Å². The summed E-state index contributed by atoms with van der Waals surface area (Å²) in [4.78, 5) is 31.6. The predicted octanol–water partition coefficient (Wildman–Crippen LogP) is 0.714. The Morgan fingerprint density at radius 3 is 3.00 bits per heavy atom. The lowest BCUT2D eigenvalue weighted by molar-refractivity contribution is -0.117. The van der Waals surface area contributed by atoms with Gasteiger partial charge in [0.25, 0.3) is 0 Å². The maximum atomic E-state index is 11.7. The Bertz CT molecular complexity index is 487. The fraction of sp³-hybridized carbons (Fsp3) is 0.273. The van der Waals surface area contributed by atoms with E-state index >= 15 is 0 Å². The monoisotopic (exact) mass is 233 g/mol. The molecule has 1 aromatic heterocycles. The van der Waals surface area contributed by atoms with Crippen molar-refractivity contribution in [3.63, 3.8) is 0 Å². The molecule has 1 aromatic rings. The van der Waals surface area contributed by atoms with Crippen LogP contribution in [0.3, 0.4) is 0 Å². The van der Waals surface area contributed by atoms with Gasteiger partial charge in [0.2, 0.25) is 5.91 Å². The molecule has 0 aromatic carbocycles. The lowest BCUT2D eigenvalue weighted by Gasteiger charge is -2.16. The minimum Gasteiger partial charge on any atom is -0.477 e. The maximum absolute atomic E-state index is 11.7. The van der Waals surface area contributed by atoms with E-state index in [1.807, 2.05) is 0 Å². The molecule has 2 heterocycles. The normalized spacial score (nSPS) is 19.4.